The molecule has 20 heavy (non-hydrogen) atoms. The Morgan fingerprint density at radius 2 is 1.95 bits per heavy atom. The van der Waals surface area contributed by atoms with Crippen molar-refractivity contribution in [2.45, 2.75) is 6.42 Å². The first kappa shape index (κ1) is 12.4. The van der Waals surface area contributed by atoms with E-state index in [4.69, 9.17) is 5.26 Å². The van der Waals surface area contributed by atoms with Crippen molar-refractivity contribution < 1.29 is 4.39 Å². The Morgan fingerprint density at radius 1 is 1.20 bits per heavy atom. The number of halogens is 1. The molecule has 0 N–H and O–H groups in total. The highest BCUT2D eigenvalue weighted by atomic mass is 19.1. The molecular formula is C16H12FN3. The van der Waals surface area contributed by atoms with Crippen molar-refractivity contribution in [3.05, 3.63) is 53.8 Å². The van der Waals surface area contributed by atoms with Crippen molar-refractivity contribution in [1.82, 2.24) is 9.55 Å². The predicted octanol–water partition coefficient (Wildman–Crippen LogP) is 3.45. The summed E-state index contributed by atoms with van der Waals surface area (Å²) in [5, 5.41) is 8.76. The number of nitriles is 1. The van der Waals surface area contributed by atoms with Crippen LogP contribution in [0.25, 0.3) is 22.4 Å². The molecule has 1 heterocycles. The molecule has 0 saturated heterocycles. The summed E-state index contributed by atoms with van der Waals surface area (Å²) in [6.45, 7) is 0. The van der Waals surface area contributed by atoms with E-state index in [1.165, 1.54) is 12.1 Å². The maximum absolute atomic E-state index is 13.0. The van der Waals surface area contributed by atoms with Crippen LogP contribution in [-0.4, -0.2) is 9.55 Å². The molecule has 1 aromatic heterocycles. The Balaban J connectivity index is 2.15. The Labute approximate surface area is 115 Å². The van der Waals surface area contributed by atoms with Gasteiger partial charge in [-0.05, 0) is 42.0 Å². The highest BCUT2D eigenvalue weighted by Crippen LogP contribution is 2.24. The molecule has 0 saturated carbocycles. The lowest BCUT2D eigenvalue weighted by molar-refractivity contribution is 0.628. The fraction of sp³-hybridized carbons (Fsp3) is 0.125. The van der Waals surface area contributed by atoms with Crippen LogP contribution in [0.15, 0.2) is 42.5 Å². The summed E-state index contributed by atoms with van der Waals surface area (Å²) >= 11 is 0. The van der Waals surface area contributed by atoms with Gasteiger partial charge in [-0.3, -0.25) is 0 Å². The quantitative estimate of drug-likeness (QED) is 0.712. The van der Waals surface area contributed by atoms with Gasteiger partial charge in [-0.15, -0.1) is 0 Å². The summed E-state index contributed by atoms with van der Waals surface area (Å²) in [5.41, 5.74) is 3.67. The van der Waals surface area contributed by atoms with Crippen LogP contribution in [0.2, 0.25) is 0 Å². The molecule has 0 unspecified atom stereocenters. The van der Waals surface area contributed by atoms with Gasteiger partial charge in [0.1, 0.15) is 11.6 Å². The summed E-state index contributed by atoms with van der Waals surface area (Å²) in [6, 6.07) is 14.2. The molecule has 0 radical (unpaired) electrons. The van der Waals surface area contributed by atoms with Gasteiger partial charge in [-0.1, -0.05) is 6.07 Å². The van der Waals surface area contributed by atoms with Crippen LogP contribution >= 0.6 is 0 Å². The van der Waals surface area contributed by atoms with Crippen molar-refractivity contribution >= 4 is 11.0 Å². The minimum absolute atomic E-state index is 0.260. The van der Waals surface area contributed by atoms with Crippen molar-refractivity contribution in [3.63, 3.8) is 0 Å². The third-order valence-electron chi connectivity index (χ3n) is 3.33. The Bertz CT molecular complexity index is 810. The molecule has 0 amide bonds. The Hall–Kier alpha value is -2.67. The van der Waals surface area contributed by atoms with Gasteiger partial charge in [0.05, 0.1) is 23.5 Å². The second-order valence-electron chi connectivity index (χ2n) is 4.66. The van der Waals surface area contributed by atoms with Gasteiger partial charge < -0.3 is 4.57 Å². The Morgan fingerprint density at radius 3 is 2.65 bits per heavy atom. The van der Waals surface area contributed by atoms with Crippen LogP contribution in [0.4, 0.5) is 4.39 Å². The minimum Gasteiger partial charge on any atom is -0.327 e. The average molecular weight is 265 g/mol. The summed E-state index contributed by atoms with van der Waals surface area (Å²) < 4.78 is 14.9. The molecule has 2 aromatic carbocycles. The van der Waals surface area contributed by atoms with Gasteiger partial charge in [0.15, 0.2) is 0 Å². The van der Waals surface area contributed by atoms with Crippen molar-refractivity contribution in [3.8, 4) is 17.5 Å². The maximum Gasteiger partial charge on any atom is 0.140 e. The highest BCUT2D eigenvalue weighted by molar-refractivity contribution is 5.81. The van der Waals surface area contributed by atoms with Gasteiger partial charge >= 0.3 is 0 Å². The number of hydrogen-bond donors (Lipinski definition) is 0. The maximum atomic E-state index is 13.0. The first-order chi connectivity index (χ1) is 9.69. The SMILES string of the molecule is Cn1c(-c2ccc(F)cc2)nc2ccc(CC#N)cc21. The van der Waals surface area contributed by atoms with E-state index in [0.717, 1.165) is 28.0 Å². The molecule has 0 aliphatic heterocycles. The predicted molar refractivity (Wildman–Crippen MR) is 75.4 cm³/mol. The number of imidazole rings is 1. The molecule has 4 heteroatoms. The van der Waals surface area contributed by atoms with Crippen LogP contribution < -0.4 is 0 Å². The summed E-state index contributed by atoms with van der Waals surface area (Å²) in [7, 11) is 1.92. The number of nitrogens with zero attached hydrogens (tertiary/aromatic N) is 3. The molecule has 0 bridgehead atoms. The second kappa shape index (κ2) is 4.78. The number of hydrogen-bond acceptors (Lipinski definition) is 2. The monoisotopic (exact) mass is 265 g/mol. The van der Waals surface area contributed by atoms with Crippen LogP contribution in [0.5, 0.6) is 0 Å². The largest absolute Gasteiger partial charge is 0.327 e. The molecule has 0 aliphatic rings. The van der Waals surface area contributed by atoms with E-state index >= 15 is 0 Å². The van der Waals surface area contributed by atoms with E-state index in [0.29, 0.717) is 6.42 Å². The number of rotatable bonds is 2. The molecular weight excluding hydrogens is 253 g/mol. The van der Waals surface area contributed by atoms with E-state index in [-0.39, 0.29) is 5.82 Å². The summed E-state index contributed by atoms with van der Waals surface area (Å²) in [5.74, 6) is 0.526. The van der Waals surface area contributed by atoms with Crippen molar-refractivity contribution in [1.29, 1.82) is 5.26 Å². The van der Waals surface area contributed by atoms with E-state index in [2.05, 4.69) is 11.1 Å². The first-order valence-corrected chi connectivity index (χ1v) is 6.27. The van der Waals surface area contributed by atoms with Gasteiger partial charge in [0.2, 0.25) is 0 Å². The lowest BCUT2D eigenvalue weighted by Crippen LogP contribution is -1.93. The normalized spacial score (nSPS) is 10.7. The minimum atomic E-state index is -0.260. The molecule has 0 atom stereocenters. The summed E-state index contributed by atoms with van der Waals surface area (Å²) in [4.78, 5) is 4.57. The smallest absolute Gasteiger partial charge is 0.140 e. The molecule has 0 aliphatic carbocycles. The van der Waals surface area contributed by atoms with Crippen LogP contribution in [0.3, 0.4) is 0 Å². The van der Waals surface area contributed by atoms with E-state index in [1.54, 1.807) is 12.1 Å². The molecule has 0 spiro atoms. The van der Waals surface area contributed by atoms with Gasteiger partial charge in [0.25, 0.3) is 0 Å². The third-order valence-corrected chi connectivity index (χ3v) is 3.33. The third kappa shape index (κ3) is 2.04. The molecule has 98 valence electrons. The average Bonchev–Trinajstić information content (AvgIpc) is 2.78. The summed E-state index contributed by atoms with van der Waals surface area (Å²) in [6.07, 6.45) is 0.382. The molecule has 3 nitrogen and oxygen atoms in total. The molecule has 0 fully saturated rings. The standard InChI is InChI=1S/C16H12FN3/c1-20-15-10-11(8-9-18)2-7-14(15)19-16(20)12-3-5-13(17)6-4-12/h2-7,10H,8H2,1H3. The fourth-order valence-corrected chi connectivity index (χ4v) is 2.29. The van der Waals surface area contributed by atoms with Crippen LogP contribution in [0, 0.1) is 17.1 Å². The van der Waals surface area contributed by atoms with Crippen molar-refractivity contribution in [2.75, 3.05) is 0 Å². The zero-order valence-corrected chi connectivity index (χ0v) is 11.0. The second-order valence-corrected chi connectivity index (χ2v) is 4.66. The highest BCUT2D eigenvalue weighted by Gasteiger charge is 2.10. The molecule has 3 rings (SSSR count). The molecule has 3 aromatic rings. The lowest BCUT2D eigenvalue weighted by Gasteiger charge is -2.02. The fourth-order valence-electron chi connectivity index (χ4n) is 2.29. The van der Waals surface area contributed by atoms with E-state index in [1.807, 2.05) is 29.8 Å². The van der Waals surface area contributed by atoms with E-state index in [9.17, 15) is 4.39 Å². The van der Waals surface area contributed by atoms with Crippen LogP contribution in [0.1, 0.15) is 5.56 Å². The number of fused-ring (bicyclic) bond motifs is 1. The van der Waals surface area contributed by atoms with Crippen molar-refractivity contribution in [2.24, 2.45) is 7.05 Å². The topological polar surface area (TPSA) is 41.6 Å². The van der Waals surface area contributed by atoms with Gasteiger partial charge in [-0.25, -0.2) is 9.37 Å². The number of aromatic nitrogens is 2. The van der Waals surface area contributed by atoms with Crippen LogP contribution in [-0.2, 0) is 13.5 Å². The number of aryl methyl sites for hydroxylation is 1. The zero-order chi connectivity index (χ0) is 14.1. The van der Waals surface area contributed by atoms with E-state index < -0.39 is 0 Å². The van der Waals surface area contributed by atoms with Gasteiger partial charge in [0, 0.05) is 12.6 Å². The lowest BCUT2D eigenvalue weighted by atomic mass is 10.1. The number of benzene rings is 2. The first-order valence-electron chi connectivity index (χ1n) is 6.27. The van der Waals surface area contributed by atoms with Gasteiger partial charge in [-0.2, -0.15) is 5.26 Å². The Kier molecular flexibility index (Phi) is 2.96. The zero-order valence-electron chi connectivity index (χ0n) is 11.0.